The summed E-state index contributed by atoms with van der Waals surface area (Å²) in [6.07, 6.45) is 7.26. The molecule has 1 N–H and O–H groups in total. The predicted octanol–water partition coefficient (Wildman–Crippen LogP) is 2.94. The first-order valence-corrected chi connectivity index (χ1v) is 12.3. The molecule has 2 unspecified atom stereocenters. The van der Waals surface area contributed by atoms with Crippen molar-refractivity contribution < 1.29 is 13.2 Å². The molecule has 7 heteroatoms. The summed E-state index contributed by atoms with van der Waals surface area (Å²) in [6.45, 7) is 6.05. The molecule has 158 valence electrons. The average molecular weight is 411 g/mol. The number of hydrogen-bond acceptors (Lipinski definition) is 4. The van der Waals surface area contributed by atoms with Crippen LogP contribution in [-0.2, 0) is 21.2 Å². The number of rotatable bonds is 7. The van der Waals surface area contributed by atoms with E-state index in [4.69, 9.17) is 4.74 Å². The number of nitrogens with one attached hydrogen (secondary N) is 1. The highest BCUT2D eigenvalue weighted by atomic mass is 32.2. The summed E-state index contributed by atoms with van der Waals surface area (Å²) in [4.78, 5) is 12.9. The molecule has 1 aliphatic carbocycles. The molecule has 2 atom stereocenters. The molecule has 28 heavy (non-hydrogen) atoms. The van der Waals surface area contributed by atoms with Gasteiger partial charge in [-0.2, -0.15) is 0 Å². The van der Waals surface area contributed by atoms with E-state index < -0.39 is 10.0 Å². The van der Waals surface area contributed by atoms with E-state index in [0.29, 0.717) is 25.0 Å². The van der Waals surface area contributed by atoms with Crippen LogP contribution >= 0.6 is 0 Å². The van der Waals surface area contributed by atoms with E-state index in [-0.39, 0.29) is 29.5 Å². The first kappa shape index (κ1) is 21.5. The molecular formula is C21H34N2O4S. The lowest BCUT2D eigenvalue weighted by Gasteiger charge is -2.37. The van der Waals surface area contributed by atoms with Crippen LogP contribution in [0.2, 0.25) is 0 Å². The Hall–Kier alpha value is -1.18. The number of aryl methyl sites for hydroxylation is 2. The Morgan fingerprint density at radius 3 is 2.50 bits per heavy atom. The van der Waals surface area contributed by atoms with Crippen molar-refractivity contribution in [3.05, 3.63) is 33.7 Å². The predicted molar refractivity (Wildman–Crippen MR) is 111 cm³/mol. The lowest BCUT2D eigenvalue weighted by molar-refractivity contribution is -0.00694. The van der Waals surface area contributed by atoms with Gasteiger partial charge < -0.3 is 9.30 Å². The van der Waals surface area contributed by atoms with Gasteiger partial charge in [-0.05, 0) is 64.4 Å². The van der Waals surface area contributed by atoms with Crippen molar-refractivity contribution in [2.24, 2.45) is 5.92 Å². The molecule has 1 aromatic heterocycles. The number of fused-ring (bicyclic) bond motifs is 1. The smallest absolute Gasteiger partial charge is 0.254 e. The third kappa shape index (κ3) is 4.86. The summed E-state index contributed by atoms with van der Waals surface area (Å²) in [5.41, 5.74) is 1.60. The van der Waals surface area contributed by atoms with E-state index in [0.717, 1.165) is 24.5 Å². The van der Waals surface area contributed by atoms with Crippen LogP contribution in [0.1, 0.15) is 69.7 Å². The number of ether oxygens (including phenoxy) is 1. The van der Waals surface area contributed by atoms with Gasteiger partial charge in [-0.1, -0.05) is 19.4 Å². The minimum atomic E-state index is -3.35. The molecule has 1 fully saturated rings. The van der Waals surface area contributed by atoms with Gasteiger partial charge in [0.2, 0.25) is 10.0 Å². The summed E-state index contributed by atoms with van der Waals surface area (Å²) in [6, 6.07) is 3.22. The van der Waals surface area contributed by atoms with Crippen molar-refractivity contribution in [1.82, 2.24) is 9.29 Å². The number of nitrogens with zero attached hydrogens (tertiary/aromatic N) is 1. The van der Waals surface area contributed by atoms with E-state index >= 15 is 0 Å². The van der Waals surface area contributed by atoms with Crippen LogP contribution in [0.15, 0.2) is 16.9 Å². The van der Waals surface area contributed by atoms with Crippen LogP contribution in [0.4, 0.5) is 0 Å². The lowest BCUT2D eigenvalue weighted by atomic mass is 9.86. The lowest BCUT2D eigenvalue weighted by Crippen LogP contribution is -2.50. The highest BCUT2D eigenvalue weighted by Gasteiger charge is 2.34. The first-order valence-electron chi connectivity index (χ1n) is 10.7. The molecule has 1 aliphatic heterocycles. The van der Waals surface area contributed by atoms with Gasteiger partial charge in [0.1, 0.15) is 0 Å². The van der Waals surface area contributed by atoms with Crippen LogP contribution in [0.5, 0.6) is 0 Å². The molecule has 0 spiro atoms. The van der Waals surface area contributed by atoms with Crippen molar-refractivity contribution in [2.75, 3.05) is 12.4 Å². The Bertz CT molecular complexity index is 825. The van der Waals surface area contributed by atoms with E-state index in [1.54, 1.807) is 18.4 Å². The summed E-state index contributed by atoms with van der Waals surface area (Å²) in [7, 11) is -3.35. The van der Waals surface area contributed by atoms with Crippen LogP contribution in [0.3, 0.4) is 0 Å². The maximum Gasteiger partial charge on any atom is 0.254 e. The van der Waals surface area contributed by atoms with Gasteiger partial charge in [0.05, 0.1) is 24.5 Å². The Kier molecular flexibility index (Phi) is 6.99. The number of pyridine rings is 1. The van der Waals surface area contributed by atoms with Crippen LogP contribution in [0.25, 0.3) is 0 Å². The molecule has 3 rings (SSSR count). The molecule has 6 nitrogen and oxygen atoms in total. The summed E-state index contributed by atoms with van der Waals surface area (Å²) in [5.74, 6) is 0.831. The second-order valence-corrected chi connectivity index (χ2v) is 10.3. The van der Waals surface area contributed by atoms with Crippen LogP contribution in [-0.4, -0.2) is 37.5 Å². The third-order valence-electron chi connectivity index (χ3n) is 6.48. The standard InChI is InChI=1S/C21H34N2O4S/c1-4-16-7-11-18(12-8-16)27-14-20-19(22-28(25,26)5-2)13-10-17-9-6-15(3)21(24)23(17)20/h6,9,16,18-20,22H,4-5,7-8,10-14H2,1-3H3. The molecule has 0 saturated heterocycles. The number of hydrogen-bond donors (Lipinski definition) is 1. The van der Waals surface area contributed by atoms with Crippen molar-refractivity contribution in [1.29, 1.82) is 0 Å². The van der Waals surface area contributed by atoms with Crippen LogP contribution in [0, 0.1) is 12.8 Å². The minimum Gasteiger partial charge on any atom is -0.376 e. The maximum atomic E-state index is 12.9. The van der Waals surface area contributed by atoms with E-state index in [1.165, 1.54) is 19.3 Å². The van der Waals surface area contributed by atoms with E-state index in [9.17, 15) is 13.2 Å². The Morgan fingerprint density at radius 2 is 1.86 bits per heavy atom. The van der Waals surface area contributed by atoms with Gasteiger partial charge in [-0.25, -0.2) is 13.1 Å². The zero-order valence-electron chi connectivity index (χ0n) is 17.3. The quantitative estimate of drug-likeness (QED) is 0.750. The van der Waals surface area contributed by atoms with Gasteiger partial charge in [0.25, 0.3) is 5.56 Å². The third-order valence-corrected chi connectivity index (χ3v) is 7.91. The highest BCUT2D eigenvalue weighted by molar-refractivity contribution is 7.89. The SMILES string of the molecule is CCC1CCC(OCC2C(NS(=O)(=O)CC)CCc3ccc(C)c(=O)n32)CC1. The number of sulfonamides is 1. The molecule has 2 heterocycles. The fourth-order valence-electron chi connectivity index (χ4n) is 4.52. The van der Waals surface area contributed by atoms with E-state index in [1.807, 2.05) is 12.1 Å². The van der Waals surface area contributed by atoms with Crippen molar-refractivity contribution in [2.45, 2.75) is 83.9 Å². The number of aromatic nitrogens is 1. The molecule has 0 aromatic carbocycles. The Morgan fingerprint density at radius 1 is 1.14 bits per heavy atom. The molecule has 1 saturated carbocycles. The molecular weight excluding hydrogens is 376 g/mol. The topological polar surface area (TPSA) is 77.4 Å². The van der Waals surface area contributed by atoms with E-state index in [2.05, 4.69) is 11.6 Å². The largest absolute Gasteiger partial charge is 0.376 e. The fraction of sp³-hybridized carbons (Fsp3) is 0.762. The molecule has 2 aliphatic rings. The summed E-state index contributed by atoms with van der Waals surface area (Å²) >= 11 is 0. The Labute approximate surface area is 168 Å². The van der Waals surface area contributed by atoms with Gasteiger partial charge in [0, 0.05) is 17.3 Å². The Balaban J connectivity index is 1.80. The zero-order chi connectivity index (χ0) is 20.3. The van der Waals surface area contributed by atoms with Gasteiger partial charge in [0.15, 0.2) is 0 Å². The molecule has 0 amide bonds. The normalized spacial score (nSPS) is 28.1. The molecule has 1 aromatic rings. The zero-order valence-corrected chi connectivity index (χ0v) is 18.1. The average Bonchev–Trinajstić information content (AvgIpc) is 2.70. The summed E-state index contributed by atoms with van der Waals surface area (Å²) < 4.78 is 35.3. The van der Waals surface area contributed by atoms with Gasteiger partial charge in [-0.15, -0.1) is 0 Å². The summed E-state index contributed by atoms with van der Waals surface area (Å²) in [5, 5.41) is 0. The van der Waals surface area contributed by atoms with Crippen molar-refractivity contribution in [3.8, 4) is 0 Å². The second kappa shape index (κ2) is 9.09. The molecule has 0 radical (unpaired) electrons. The van der Waals surface area contributed by atoms with Crippen molar-refractivity contribution >= 4 is 10.0 Å². The van der Waals surface area contributed by atoms with Gasteiger partial charge in [-0.3, -0.25) is 4.79 Å². The van der Waals surface area contributed by atoms with Crippen molar-refractivity contribution in [3.63, 3.8) is 0 Å². The van der Waals surface area contributed by atoms with Crippen LogP contribution < -0.4 is 10.3 Å². The highest BCUT2D eigenvalue weighted by Crippen LogP contribution is 2.30. The minimum absolute atomic E-state index is 0.0354. The first-order chi connectivity index (χ1) is 13.3. The fourth-order valence-corrected chi connectivity index (χ4v) is 5.42. The second-order valence-electron chi connectivity index (χ2n) is 8.30. The molecule has 0 bridgehead atoms. The monoisotopic (exact) mass is 410 g/mol. The maximum absolute atomic E-state index is 12.9. The van der Waals surface area contributed by atoms with Gasteiger partial charge >= 0.3 is 0 Å².